The van der Waals surface area contributed by atoms with Crippen LogP contribution in [0.15, 0.2) is 0 Å². The fourth-order valence-corrected chi connectivity index (χ4v) is 2.58. The van der Waals surface area contributed by atoms with Gasteiger partial charge in [0, 0.05) is 31.4 Å². The van der Waals surface area contributed by atoms with Crippen LogP contribution < -0.4 is 5.32 Å². The molecule has 1 unspecified atom stereocenters. The van der Waals surface area contributed by atoms with Crippen LogP contribution in [0, 0.1) is 5.92 Å². The summed E-state index contributed by atoms with van der Waals surface area (Å²) < 4.78 is 5.43. The molecule has 0 aliphatic carbocycles. The van der Waals surface area contributed by atoms with Crippen molar-refractivity contribution in [2.75, 3.05) is 19.8 Å². The van der Waals surface area contributed by atoms with E-state index in [1.54, 1.807) is 0 Å². The maximum absolute atomic E-state index is 9.23. The molecule has 0 aromatic heterocycles. The third-order valence-corrected chi connectivity index (χ3v) is 3.78. The number of ether oxygens (including phenoxy) is 1. The number of nitrogens with one attached hydrogen (secondary N) is 1. The molecule has 0 spiro atoms. The van der Waals surface area contributed by atoms with Crippen molar-refractivity contribution in [1.82, 2.24) is 5.32 Å². The summed E-state index contributed by atoms with van der Waals surface area (Å²) in [4.78, 5) is 0. The summed E-state index contributed by atoms with van der Waals surface area (Å²) in [6, 6.07) is 0.546. The van der Waals surface area contributed by atoms with Crippen LogP contribution in [0.25, 0.3) is 0 Å². The maximum atomic E-state index is 9.23. The van der Waals surface area contributed by atoms with Crippen molar-refractivity contribution in [3.63, 3.8) is 0 Å². The zero-order valence-electron chi connectivity index (χ0n) is 11.0. The number of aliphatic hydroxyl groups excluding tert-OH is 1. The third-order valence-electron chi connectivity index (χ3n) is 3.78. The molecule has 1 aliphatic heterocycles. The third kappa shape index (κ3) is 3.72. The molecule has 0 amide bonds. The van der Waals surface area contributed by atoms with E-state index in [1.165, 1.54) is 0 Å². The number of hydrogen-bond acceptors (Lipinski definition) is 3. The Morgan fingerprint density at radius 2 is 1.94 bits per heavy atom. The topological polar surface area (TPSA) is 41.5 Å². The lowest BCUT2D eigenvalue weighted by molar-refractivity contribution is 0.0191. The normalized spacial score (nSPS) is 22.3. The first-order valence-electron chi connectivity index (χ1n) is 6.60. The Balaban J connectivity index is 2.61. The van der Waals surface area contributed by atoms with Crippen LogP contribution in [0.4, 0.5) is 0 Å². The van der Waals surface area contributed by atoms with Gasteiger partial charge in [0.25, 0.3) is 0 Å². The van der Waals surface area contributed by atoms with Crippen molar-refractivity contribution in [2.45, 2.75) is 58.0 Å². The Morgan fingerprint density at radius 1 is 1.31 bits per heavy atom. The predicted molar refractivity (Wildman–Crippen MR) is 66.5 cm³/mol. The van der Waals surface area contributed by atoms with E-state index in [4.69, 9.17) is 4.74 Å². The minimum atomic E-state index is 0.109. The van der Waals surface area contributed by atoms with Crippen molar-refractivity contribution in [3.05, 3.63) is 0 Å². The van der Waals surface area contributed by atoms with Crippen LogP contribution in [0.1, 0.15) is 46.5 Å². The SMILES string of the molecule is CCC(NC1(CCO)CCOCC1)C(C)C. The van der Waals surface area contributed by atoms with E-state index in [1.807, 2.05) is 0 Å². The van der Waals surface area contributed by atoms with Gasteiger partial charge >= 0.3 is 0 Å². The van der Waals surface area contributed by atoms with Crippen molar-refractivity contribution in [3.8, 4) is 0 Å². The Bertz CT molecular complexity index is 183. The number of aliphatic hydroxyl groups is 1. The predicted octanol–water partition coefficient (Wildman–Crippen LogP) is 1.94. The van der Waals surface area contributed by atoms with Crippen LogP contribution in [0.3, 0.4) is 0 Å². The molecule has 1 aliphatic rings. The van der Waals surface area contributed by atoms with Crippen LogP contribution in [-0.4, -0.2) is 36.5 Å². The molecule has 1 heterocycles. The van der Waals surface area contributed by atoms with Crippen molar-refractivity contribution < 1.29 is 9.84 Å². The van der Waals surface area contributed by atoms with E-state index in [2.05, 4.69) is 26.1 Å². The largest absolute Gasteiger partial charge is 0.396 e. The summed E-state index contributed by atoms with van der Waals surface area (Å²) in [5.41, 5.74) is 0.109. The molecule has 0 aromatic rings. The lowest BCUT2D eigenvalue weighted by Crippen LogP contribution is -2.55. The first kappa shape index (κ1) is 13.9. The van der Waals surface area contributed by atoms with E-state index in [0.29, 0.717) is 12.0 Å². The summed E-state index contributed by atoms with van der Waals surface area (Å²) in [6.45, 7) is 8.65. The first-order chi connectivity index (χ1) is 7.63. The van der Waals surface area contributed by atoms with Crippen LogP contribution in [-0.2, 0) is 4.74 Å². The molecule has 0 saturated carbocycles. The molecule has 96 valence electrons. The Labute approximate surface area is 99.6 Å². The molecule has 16 heavy (non-hydrogen) atoms. The van der Waals surface area contributed by atoms with Crippen molar-refractivity contribution in [2.24, 2.45) is 5.92 Å². The molecule has 0 radical (unpaired) electrons. The van der Waals surface area contributed by atoms with E-state index < -0.39 is 0 Å². The van der Waals surface area contributed by atoms with Gasteiger partial charge in [0.05, 0.1) is 0 Å². The monoisotopic (exact) mass is 229 g/mol. The second-order valence-electron chi connectivity index (χ2n) is 5.27. The average Bonchev–Trinajstić information content (AvgIpc) is 2.27. The fraction of sp³-hybridized carbons (Fsp3) is 1.00. The Hall–Kier alpha value is -0.120. The highest BCUT2D eigenvalue weighted by Crippen LogP contribution is 2.26. The summed E-state index contributed by atoms with van der Waals surface area (Å²) in [5.74, 6) is 0.642. The Kier molecular flexibility index (Phi) is 5.73. The van der Waals surface area contributed by atoms with Gasteiger partial charge < -0.3 is 15.2 Å². The van der Waals surface area contributed by atoms with Gasteiger partial charge in [-0.2, -0.15) is 0 Å². The standard InChI is InChI=1S/C13H27NO2/c1-4-12(11(2)3)14-13(5-8-15)6-9-16-10-7-13/h11-12,14-15H,4-10H2,1-3H3. The molecule has 2 N–H and O–H groups in total. The fourth-order valence-electron chi connectivity index (χ4n) is 2.58. The van der Waals surface area contributed by atoms with E-state index in [-0.39, 0.29) is 12.1 Å². The van der Waals surface area contributed by atoms with Crippen LogP contribution in [0.2, 0.25) is 0 Å². The highest BCUT2D eigenvalue weighted by molar-refractivity contribution is 4.92. The molecular formula is C13H27NO2. The van der Waals surface area contributed by atoms with Gasteiger partial charge in [-0.15, -0.1) is 0 Å². The molecule has 1 atom stereocenters. The zero-order valence-corrected chi connectivity index (χ0v) is 11.0. The second-order valence-corrected chi connectivity index (χ2v) is 5.27. The summed E-state index contributed by atoms with van der Waals surface area (Å²) >= 11 is 0. The number of rotatable bonds is 6. The van der Waals surface area contributed by atoms with E-state index in [9.17, 15) is 5.11 Å². The average molecular weight is 229 g/mol. The minimum absolute atomic E-state index is 0.109. The van der Waals surface area contributed by atoms with Gasteiger partial charge in [-0.25, -0.2) is 0 Å². The van der Waals surface area contributed by atoms with Crippen molar-refractivity contribution in [1.29, 1.82) is 0 Å². The molecule has 0 aromatic carbocycles. The molecule has 3 nitrogen and oxygen atoms in total. The highest BCUT2D eigenvalue weighted by atomic mass is 16.5. The van der Waals surface area contributed by atoms with Gasteiger partial charge in [-0.1, -0.05) is 20.8 Å². The Morgan fingerprint density at radius 3 is 2.38 bits per heavy atom. The first-order valence-corrected chi connectivity index (χ1v) is 6.60. The molecular weight excluding hydrogens is 202 g/mol. The lowest BCUT2D eigenvalue weighted by atomic mass is 9.84. The van der Waals surface area contributed by atoms with Crippen LogP contribution >= 0.6 is 0 Å². The number of hydrogen-bond donors (Lipinski definition) is 2. The van der Waals surface area contributed by atoms with Gasteiger partial charge in [-0.3, -0.25) is 0 Å². The quantitative estimate of drug-likeness (QED) is 0.731. The lowest BCUT2D eigenvalue weighted by Gasteiger charge is -2.42. The summed E-state index contributed by atoms with van der Waals surface area (Å²) in [6.07, 6.45) is 4.04. The summed E-state index contributed by atoms with van der Waals surface area (Å²) in [7, 11) is 0. The molecule has 1 saturated heterocycles. The van der Waals surface area contributed by atoms with E-state index >= 15 is 0 Å². The molecule has 1 fully saturated rings. The zero-order chi connectivity index (χ0) is 12.0. The highest BCUT2D eigenvalue weighted by Gasteiger charge is 2.34. The minimum Gasteiger partial charge on any atom is -0.396 e. The maximum Gasteiger partial charge on any atom is 0.0483 e. The van der Waals surface area contributed by atoms with Gasteiger partial charge in [0.2, 0.25) is 0 Å². The van der Waals surface area contributed by atoms with Crippen molar-refractivity contribution >= 4 is 0 Å². The smallest absolute Gasteiger partial charge is 0.0483 e. The van der Waals surface area contributed by atoms with Gasteiger partial charge in [0.15, 0.2) is 0 Å². The van der Waals surface area contributed by atoms with Gasteiger partial charge in [-0.05, 0) is 31.6 Å². The molecule has 3 heteroatoms. The molecule has 1 rings (SSSR count). The van der Waals surface area contributed by atoms with Gasteiger partial charge in [0.1, 0.15) is 0 Å². The second kappa shape index (κ2) is 6.58. The molecule has 0 bridgehead atoms. The summed E-state index contributed by atoms with van der Waals surface area (Å²) in [5, 5.41) is 13.0. The van der Waals surface area contributed by atoms with Crippen LogP contribution in [0.5, 0.6) is 0 Å². The van der Waals surface area contributed by atoms with E-state index in [0.717, 1.165) is 38.9 Å².